The summed E-state index contributed by atoms with van der Waals surface area (Å²) in [5.74, 6) is 0.702. The number of nitrogens with one attached hydrogen (secondary N) is 2. The van der Waals surface area contributed by atoms with Crippen molar-refractivity contribution in [3.63, 3.8) is 0 Å². The fourth-order valence-electron chi connectivity index (χ4n) is 2.58. The third-order valence-corrected chi connectivity index (χ3v) is 4.09. The average molecular weight is 341 g/mol. The number of halogens is 1. The largest absolute Gasteiger partial charge is 0.481 e. The second kappa shape index (κ2) is 8.55. The summed E-state index contributed by atoms with van der Waals surface area (Å²) in [5.41, 5.74) is 1.38. The molecular weight excluding hydrogens is 312 g/mol. The van der Waals surface area contributed by atoms with Gasteiger partial charge in [0.1, 0.15) is 5.75 Å². The van der Waals surface area contributed by atoms with Crippen molar-refractivity contribution in [1.29, 1.82) is 0 Å². The molecule has 130 valence electrons. The lowest BCUT2D eigenvalue weighted by molar-refractivity contribution is -0.128. The molecule has 1 aromatic carbocycles. The van der Waals surface area contributed by atoms with Crippen molar-refractivity contribution in [2.45, 2.75) is 58.1 Å². The number of carbonyl (C=O) groups excluding carboxylic acids is 1. The lowest BCUT2D eigenvalue weighted by Crippen LogP contribution is -2.46. The highest BCUT2D eigenvalue weighted by atomic mass is 35.5. The van der Waals surface area contributed by atoms with Crippen LogP contribution in [0.4, 0.5) is 0 Å². The molecule has 5 heteroatoms. The summed E-state index contributed by atoms with van der Waals surface area (Å²) in [6.45, 7) is 10.3. The summed E-state index contributed by atoms with van der Waals surface area (Å²) < 4.78 is 5.76. The molecule has 0 spiro atoms. The Morgan fingerprint density at radius 1 is 1.22 bits per heavy atom. The van der Waals surface area contributed by atoms with Crippen LogP contribution in [0.5, 0.6) is 5.75 Å². The molecule has 2 N–H and O–H groups in total. The number of amides is 1. The van der Waals surface area contributed by atoms with Gasteiger partial charge < -0.3 is 15.4 Å². The van der Waals surface area contributed by atoms with E-state index in [1.54, 1.807) is 6.92 Å². The minimum Gasteiger partial charge on any atom is -0.481 e. The number of hydrogen-bond acceptors (Lipinski definition) is 3. The summed E-state index contributed by atoms with van der Waals surface area (Å²) in [7, 11) is 0. The van der Waals surface area contributed by atoms with Crippen molar-refractivity contribution in [3.8, 4) is 5.75 Å². The molecule has 1 fully saturated rings. The Morgan fingerprint density at radius 3 is 2.30 bits per heavy atom. The maximum atomic E-state index is 12.2. The standard InChI is InChI=1S/C18H28N2O2.ClH/c1-13(17(21)20-15-9-11-19-12-10-15)22-16-7-5-14(6-8-16)18(2,3)4;/h5-8,13,15,19H,9-12H2,1-4H3,(H,20,21);1H. The molecule has 0 bridgehead atoms. The third kappa shape index (κ3) is 6.04. The van der Waals surface area contributed by atoms with Crippen LogP contribution in [0.15, 0.2) is 24.3 Å². The van der Waals surface area contributed by atoms with E-state index < -0.39 is 6.10 Å². The Balaban J connectivity index is 0.00000264. The molecular formula is C18H29ClN2O2. The summed E-state index contributed by atoms with van der Waals surface area (Å²) in [5, 5.41) is 6.36. The Bertz CT molecular complexity index is 491. The van der Waals surface area contributed by atoms with Gasteiger partial charge in [-0.15, -0.1) is 12.4 Å². The Morgan fingerprint density at radius 2 is 1.78 bits per heavy atom. The molecule has 1 aliphatic rings. The van der Waals surface area contributed by atoms with E-state index in [-0.39, 0.29) is 29.8 Å². The zero-order valence-electron chi connectivity index (χ0n) is 14.5. The molecule has 1 amide bonds. The second-order valence-electron chi connectivity index (χ2n) is 7.07. The van der Waals surface area contributed by atoms with Crippen molar-refractivity contribution >= 4 is 18.3 Å². The van der Waals surface area contributed by atoms with Gasteiger partial charge in [-0.2, -0.15) is 0 Å². The SMILES string of the molecule is CC(Oc1ccc(C(C)(C)C)cc1)C(=O)NC1CCNCC1.Cl. The molecule has 1 aromatic rings. The predicted octanol–water partition coefficient (Wildman–Crippen LogP) is 3.04. The third-order valence-electron chi connectivity index (χ3n) is 4.09. The normalized spacial score (nSPS) is 17.0. The molecule has 1 heterocycles. The molecule has 1 aliphatic heterocycles. The highest BCUT2D eigenvalue weighted by Crippen LogP contribution is 2.24. The van der Waals surface area contributed by atoms with Crippen LogP contribution in [0.2, 0.25) is 0 Å². The quantitative estimate of drug-likeness (QED) is 0.885. The molecule has 0 aromatic heterocycles. The van der Waals surface area contributed by atoms with Gasteiger partial charge in [-0.05, 0) is 56.0 Å². The van der Waals surface area contributed by atoms with Gasteiger partial charge in [0.15, 0.2) is 6.10 Å². The average Bonchev–Trinajstić information content (AvgIpc) is 2.48. The molecule has 1 unspecified atom stereocenters. The minimum absolute atomic E-state index is 0. The van der Waals surface area contributed by atoms with Crippen LogP contribution in [-0.2, 0) is 10.2 Å². The van der Waals surface area contributed by atoms with Crippen LogP contribution >= 0.6 is 12.4 Å². The van der Waals surface area contributed by atoms with Crippen molar-refractivity contribution in [3.05, 3.63) is 29.8 Å². The first-order valence-corrected chi connectivity index (χ1v) is 8.14. The number of carbonyl (C=O) groups is 1. The van der Waals surface area contributed by atoms with Crippen LogP contribution in [-0.4, -0.2) is 31.1 Å². The zero-order chi connectivity index (χ0) is 16.2. The fourth-order valence-corrected chi connectivity index (χ4v) is 2.58. The maximum absolute atomic E-state index is 12.2. The number of benzene rings is 1. The van der Waals surface area contributed by atoms with Gasteiger partial charge in [-0.1, -0.05) is 32.9 Å². The van der Waals surface area contributed by atoms with Crippen LogP contribution < -0.4 is 15.4 Å². The molecule has 0 saturated carbocycles. The highest BCUT2D eigenvalue weighted by molar-refractivity contribution is 5.85. The smallest absolute Gasteiger partial charge is 0.260 e. The first-order chi connectivity index (χ1) is 10.4. The van der Waals surface area contributed by atoms with Crippen LogP contribution in [0.25, 0.3) is 0 Å². The zero-order valence-corrected chi connectivity index (χ0v) is 15.3. The lowest BCUT2D eigenvalue weighted by Gasteiger charge is -2.25. The second-order valence-corrected chi connectivity index (χ2v) is 7.07. The van der Waals surface area contributed by atoms with E-state index in [4.69, 9.17) is 4.74 Å². The lowest BCUT2D eigenvalue weighted by atomic mass is 9.87. The fraction of sp³-hybridized carbons (Fsp3) is 0.611. The highest BCUT2D eigenvalue weighted by Gasteiger charge is 2.21. The first kappa shape index (κ1) is 19.8. The van der Waals surface area contributed by atoms with Crippen molar-refractivity contribution in [2.24, 2.45) is 0 Å². The van der Waals surface area contributed by atoms with E-state index in [1.807, 2.05) is 12.1 Å². The van der Waals surface area contributed by atoms with Crippen LogP contribution in [0.1, 0.15) is 46.1 Å². The van der Waals surface area contributed by atoms with E-state index in [0.717, 1.165) is 31.7 Å². The van der Waals surface area contributed by atoms with E-state index in [2.05, 4.69) is 43.5 Å². The minimum atomic E-state index is -0.477. The summed E-state index contributed by atoms with van der Waals surface area (Å²) >= 11 is 0. The van der Waals surface area contributed by atoms with E-state index >= 15 is 0 Å². The molecule has 1 saturated heterocycles. The van der Waals surface area contributed by atoms with Crippen LogP contribution in [0.3, 0.4) is 0 Å². The van der Waals surface area contributed by atoms with Gasteiger partial charge >= 0.3 is 0 Å². The molecule has 23 heavy (non-hydrogen) atoms. The van der Waals surface area contributed by atoms with E-state index in [9.17, 15) is 4.79 Å². The van der Waals surface area contributed by atoms with Gasteiger partial charge in [0.25, 0.3) is 5.91 Å². The van der Waals surface area contributed by atoms with Gasteiger partial charge in [-0.25, -0.2) is 0 Å². The molecule has 1 atom stereocenters. The molecule has 0 radical (unpaired) electrons. The topological polar surface area (TPSA) is 50.4 Å². The number of rotatable bonds is 4. The summed E-state index contributed by atoms with van der Waals surface area (Å²) in [4.78, 5) is 12.2. The Kier molecular flexibility index (Phi) is 7.36. The number of piperidine rings is 1. The Labute approximate surface area is 145 Å². The maximum Gasteiger partial charge on any atom is 0.260 e. The van der Waals surface area contributed by atoms with E-state index in [1.165, 1.54) is 5.56 Å². The van der Waals surface area contributed by atoms with Crippen molar-refractivity contribution < 1.29 is 9.53 Å². The number of hydrogen-bond donors (Lipinski definition) is 2. The van der Waals surface area contributed by atoms with E-state index in [0.29, 0.717) is 0 Å². The monoisotopic (exact) mass is 340 g/mol. The van der Waals surface area contributed by atoms with Crippen LogP contribution in [0, 0.1) is 0 Å². The van der Waals surface area contributed by atoms with Crippen molar-refractivity contribution in [1.82, 2.24) is 10.6 Å². The molecule has 0 aliphatic carbocycles. The first-order valence-electron chi connectivity index (χ1n) is 8.14. The van der Waals surface area contributed by atoms with Gasteiger partial charge in [0.2, 0.25) is 0 Å². The van der Waals surface area contributed by atoms with Crippen molar-refractivity contribution in [2.75, 3.05) is 13.1 Å². The Hall–Kier alpha value is -1.26. The predicted molar refractivity (Wildman–Crippen MR) is 96.5 cm³/mol. The van der Waals surface area contributed by atoms with Gasteiger partial charge in [0, 0.05) is 6.04 Å². The molecule has 4 nitrogen and oxygen atoms in total. The van der Waals surface area contributed by atoms with Gasteiger partial charge in [0.05, 0.1) is 0 Å². The van der Waals surface area contributed by atoms with Gasteiger partial charge in [-0.3, -0.25) is 4.79 Å². The summed E-state index contributed by atoms with van der Waals surface area (Å²) in [6.07, 6.45) is 1.49. The molecule has 2 rings (SSSR count). The number of ether oxygens (including phenoxy) is 1. The summed E-state index contributed by atoms with van der Waals surface area (Å²) in [6, 6.07) is 8.27.